The molecule has 0 aliphatic carbocycles. The SMILES string of the molecule is O=C(NCc1ccccc1CN1CCCCC1)c1ccncc1. The molecule has 3 rings (SSSR count). The summed E-state index contributed by atoms with van der Waals surface area (Å²) in [6, 6.07) is 11.8. The van der Waals surface area contributed by atoms with Gasteiger partial charge >= 0.3 is 0 Å². The zero-order valence-corrected chi connectivity index (χ0v) is 13.4. The van der Waals surface area contributed by atoms with E-state index in [0.717, 1.165) is 6.54 Å². The van der Waals surface area contributed by atoms with Crippen LogP contribution in [0.2, 0.25) is 0 Å². The number of piperidine rings is 1. The lowest BCUT2D eigenvalue weighted by atomic mass is 10.0. The predicted octanol–water partition coefficient (Wildman–Crippen LogP) is 3.00. The van der Waals surface area contributed by atoms with Gasteiger partial charge in [-0.1, -0.05) is 30.7 Å². The lowest BCUT2D eigenvalue weighted by molar-refractivity contribution is 0.0950. The van der Waals surface area contributed by atoms with Gasteiger partial charge in [-0.05, 0) is 49.2 Å². The molecule has 0 atom stereocenters. The van der Waals surface area contributed by atoms with Crippen LogP contribution in [-0.2, 0) is 13.1 Å². The van der Waals surface area contributed by atoms with Crippen LogP contribution in [0.15, 0.2) is 48.8 Å². The van der Waals surface area contributed by atoms with Crippen LogP contribution in [0.25, 0.3) is 0 Å². The zero-order chi connectivity index (χ0) is 15.9. The Hall–Kier alpha value is -2.20. The van der Waals surface area contributed by atoms with Gasteiger partial charge in [0.2, 0.25) is 0 Å². The van der Waals surface area contributed by atoms with Crippen molar-refractivity contribution in [3.8, 4) is 0 Å². The van der Waals surface area contributed by atoms with Gasteiger partial charge in [-0.25, -0.2) is 0 Å². The van der Waals surface area contributed by atoms with Crippen molar-refractivity contribution in [1.82, 2.24) is 15.2 Å². The van der Waals surface area contributed by atoms with E-state index in [0.29, 0.717) is 12.1 Å². The highest BCUT2D eigenvalue weighted by atomic mass is 16.1. The summed E-state index contributed by atoms with van der Waals surface area (Å²) in [7, 11) is 0. The van der Waals surface area contributed by atoms with E-state index >= 15 is 0 Å². The van der Waals surface area contributed by atoms with Crippen molar-refractivity contribution in [2.45, 2.75) is 32.4 Å². The third kappa shape index (κ3) is 4.39. The number of amides is 1. The van der Waals surface area contributed by atoms with Gasteiger partial charge in [-0.3, -0.25) is 14.7 Å². The third-order valence-corrected chi connectivity index (χ3v) is 4.34. The van der Waals surface area contributed by atoms with Crippen LogP contribution >= 0.6 is 0 Å². The molecule has 2 heterocycles. The molecular weight excluding hydrogens is 286 g/mol. The van der Waals surface area contributed by atoms with E-state index in [9.17, 15) is 4.79 Å². The van der Waals surface area contributed by atoms with Gasteiger partial charge in [0.15, 0.2) is 0 Å². The molecule has 1 aliphatic heterocycles. The molecule has 23 heavy (non-hydrogen) atoms. The summed E-state index contributed by atoms with van der Waals surface area (Å²) in [5.41, 5.74) is 3.15. The van der Waals surface area contributed by atoms with E-state index in [-0.39, 0.29) is 5.91 Å². The molecule has 1 amide bonds. The van der Waals surface area contributed by atoms with Gasteiger partial charge in [0.1, 0.15) is 0 Å². The first-order valence-corrected chi connectivity index (χ1v) is 8.30. The van der Waals surface area contributed by atoms with E-state index in [1.165, 1.54) is 43.5 Å². The second-order valence-electron chi connectivity index (χ2n) is 6.02. The number of carbonyl (C=O) groups excluding carboxylic acids is 1. The van der Waals surface area contributed by atoms with E-state index in [1.807, 2.05) is 6.07 Å². The smallest absolute Gasteiger partial charge is 0.251 e. The normalized spacial score (nSPS) is 15.3. The standard InChI is InChI=1S/C19H23N3O/c23-19(16-8-10-20-11-9-16)21-14-17-6-2-3-7-18(17)15-22-12-4-1-5-13-22/h2-3,6-11H,1,4-5,12-15H2,(H,21,23). The van der Waals surface area contributed by atoms with Crippen molar-refractivity contribution >= 4 is 5.91 Å². The number of aromatic nitrogens is 1. The Bertz CT molecular complexity index is 636. The summed E-state index contributed by atoms with van der Waals surface area (Å²) in [4.78, 5) is 18.6. The average molecular weight is 309 g/mol. The van der Waals surface area contributed by atoms with Crippen LogP contribution in [0.5, 0.6) is 0 Å². The monoisotopic (exact) mass is 309 g/mol. The molecule has 1 N–H and O–H groups in total. The van der Waals surface area contributed by atoms with Crippen molar-refractivity contribution in [2.75, 3.05) is 13.1 Å². The first kappa shape index (κ1) is 15.7. The number of likely N-dealkylation sites (tertiary alicyclic amines) is 1. The Labute approximate surface area is 137 Å². The Morgan fingerprint density at radius 1 is 1.00 bits per heavy atom. The average Bonchev–Trinajstić information content (AvgIpc) is 2.62. The molecule has 1 fully saturated rings. The maximum atomic E-state index is 12.2. The molecule has 2 aromatic rings. The van der Waals surface area contributed by atoms with Crippen molar-refractivity contribution in [1.29, 1.82) is 0 Å². The quantitative estimate of drug-likeness (QED) is 0.923. The lowest BCUT2D eigenvalue weighted by Crippen LogP contribution is -2.30. The molecule has 0 bridgehead atoms. The van der Waals surface area contributed by atoms with Crippen LogP contribution in [0.1, 0.15) is 40.7 Å². The number of nitrogens with zero attached hydrogens (tertiary/aromatic N) is 2. The van der Waals surface area contributed by atoms with E-state index in [2.05, 4.69) is 33.4 Å². The highest BCUT2D eigenvalue weighted by molar-refractivity contribution is 5.93. The molecule has 0 radical (unpaired) electrons. The van der Waals surface area contributed by atoms with Crippen molar-refractivity contribution in [2.24, 2.45) is 0 Å². The Balaban J connectivity index is 1.62. The summed E-state index contributed by atoms with van der Waals surface area (Å²) in [5, 5.41) is 3.01. The van der Waals surface area contributed by atoms with Crippen LogP contribution in [0.4, 0.5) is 0 Å². The lowest BCUT2D eigenvalue weighted by Gasteiger charge is -2.27. The molecule has 4 nitrogen and oxygen atoms in total. The van der Waals surface area contributed by atoms with Gasteiger partial charge in [0.25, 0.3) is 5.91 Å². The largest absolute Gasteiger partial charge is 0.348 e. The maximum absolute atomic E-state index is 12.2. The van der Waals surface area contributed by atoms with Crippen molar-refractivity contribution in [3.63, 3.8) is 0 Å². The summed E-state index contributed by atoms with van der Waals surface area (Å²) >= 11 is 0. The number of pyridine rings is 1. The summed E-state index contributed by atoms with van der Waals surface area (Å²) in [6.07, 6.45) is 7.21. The minimum Gasteiger partial charge on any atom is -0.348 e. The number of rotatable bonds is 5. The molecule has 1 aliphatic rings. The first-order chi connectivity index (χ1) is 11.3. The van der Waals surface area contributed by atoms with Gasteiger partial charge in [0.05, 0.1) is 0 Å². The summed E-state index contributed by atoms with van der Waals surface area (Å²) < 4.78 is 0. The third-order valence-electron chi connectivity index (χ3n) is 4.34. The molecule has 0 unspecified atom stereocenters. The van der Waals surface area contributed by atoms with Crippen LogP contribution in [0, 0.1) is 0 Å². The Morgan fingerprint density at radius 2 is 1.70 bits per heavy atom. The highest BCUT2D eigenvalue weighted by Gasteiger charge is 2.13. The van der Waals surface area contributed by atoms with Gasteiger partial charge in [0, 0.05) is 31.0 Å². The number of nitrogens with one attached hydrogen (secondary N) is 1. The Kier molecular flexibility index (Phi) is 5.37. The highest BCUT2D eigenvalue weighted by Crippen LogP contribution is 2.16. The molecule has 120 valence electrons. The second-order valence-corrected chi connectivity index (χ2v) is 6.02. The van der Waals surface area contributed by atoms with Crippen molar-refractivity contribution < 1.29 is 4.79 Å². The molecule has 0 saturated carbocycles. The number of carbonyl (C=O) groups is 1. The maximum Gasteiger partial charge on any atom is 0.251 e. The van der Waals surface area contributed by atoms with Gasteiger partial charge in [-0.15, -0.1) is 0 Å². The fourth-order valence-corrected chi connectivity index (χ4v) is 3.02. The predicted molar refractivity (Wildman–Crippen MR) is 91.0 cm³/mol. The molecule has 0 spiro atoms. The summed E-state index contributed by atoms with van der Waals surface area (Å²) in [6.45, 7) is 3.89. The molecule has 1 saturated heterocycles. The fraction of sp³-hybridized carbons (Fsp3) is 0.368. The van der Waals surface area contributed by atoms with E-state index in [1.54, 1.807) is 24.5 Å². The topological polar surface area (TPSA) is 45.2 Å². The Morgan fingerprint density at radius 3 is 2.43 bits per heavy atom. The van der Waals surface area contributed by atoms with Crippen LogP contribution in [0.3, 0.4) is 0 Å². The van der Waals surface area contributed by atoms with E-state index in [4.69, 9.17) is 0 Å². The second kappa shape index (κ2) is 7.88. The van der Waals surface area contributed by atoms with Crippen molar-refractivity contribution in [3.05, 3.63) is 65.5 Å². The van der Waals surface area contributed by atoms with E-state index < -0.39 is 0 Å². The number of benzene rings is 1. The minimum absolute atomic E-state index is 0.0554. The first-order valence-electron chi connectivity index (χ1n) is 8.30. The van der Waals surface area contributed by atoms with Crippen LogP contribution < -0.4 is 5.32 Å². The zero-order valence-electron chi connectivity index (χ0n) is 13.4. The number of hydrogen-bond donors (Lipinski definition) is 1. The molecule has 1 aromatic carbocycles. The van der Waals surface area contributed by atoms with Gasteiger partial charge in [-0.2, -0.15) is 0 Å². The number of hydrogen-bond acceptors (Lipinski definition) is 3. The molecule has 4 heteroatoms. The van der Waals surface area contributed by atoms with Gasteiger partial charge < -0.3 is 5.32 Å². The van der Waals surface area contributed by atoms with Crippen LogP contribution in [-0.4, -0.2) is 28.9 Å². The minimum atomic E-state index is -0.0554. The molecule has 1 aromatic heterocycles. The summed E-state index contributed by atoms with van der Waals surface area (Å²) in [5.74, 6) is -0.0554. The fourth-order valence-electron chi connectivity index (χ4n) is 3.02. The molecular formula is C19H23N3O.